The van der Waals surface area contributed by atoms with Crippen LogP contribution in [0.3, 0.4) is 0 Å². The molecular formula is C18H17F2N3OSe. The minimum absolute atomic E-state index is 0.0448. The Bertz CT molecular complexity index is 857. The van der Waals surface area contributed by atoms with Gasteiger partial charge in [-0.1, -0.05) is 0 Å². The van der Waals surface area contributed by atoms with Crippen molar-refractivity contribution in [3.05, 3.63) is 77.9 Å². The molecule has 0 aliphatic carbocycles. The van der Waals surface area contributed by atoms with E-state index in [9.17, 15) is 13.9 Å². The van der Waals surface area contributed by atoms with Gasteiger partial charge in [-0.3, -0.25) is 0 Å². The fourth-order valence-electron chi connectivity index (χ4n) is 2.57. The van der Waals surface area contributed by atoms with E-state index in [0.717, 1.165) is 22.2 Å². The Kier molecular flexibility index (Phi) is 5.27. The Hall–Kier alpha value is -2.08. The second-order valence-corrected chi connectivity index (χ2v) is 7.94. The van der Waals surface area contributed by atoms with Gasteiger partial charge in [-0.05, 0) is 0 Å². The van der Waals surface area contributed by atoms with Crippen LogP contribution in [0.2, 0.25) is 5.32 Å². The summed E-state index contributed by atoms with van der Waals surface area (Å²) in [6.07, 6.45) is 2.82. The van der Waals surface area contributed by atoms with Crippen LogP contribution in [-0.2, 0) is 12.1 Å². The number of halogens is 2. The molecule has 25 heavy (non-hydrogen) atoms. The van der Waals surface area contributed by atoms with Crippen molar-refractivity contribution in [1.29, 1.82) is 0 Å². The molecule has 1 aromatic heterocycles. The second-order valence-electron chi connectivity index (χ2n) is 5.80. The number of hydrogen-bond donors (Lipinski definition) is 1. The third-order valence-corrected chi connectivity index (χ3v) is 6.80. The first-order chi connectivity index (χ1) is 12.0. The SMILES string of the molecule is Cc1ccccc1[Se]CC(O)(Cn1cncn1)c1ccc(F)cc1F. The zero-order chi connectivity index (χ0) is 17.9. The molecule has 0 saturated heterocycles. The molecule has 3 aromatic rings. The molecule has 0 aliphatic heterocycles. The van der Waals surface area contributed by atoms with Crippen molar-refractivity contribution in [2.45, 2.75) is 24.4 Å². The van der Waals surface area contributed by atoms with Gasteiger partial charge in [0.1, 0.15) is 0 Å². The molecule has 0 fully saturated rings. The quantitative estimate of drug-likeness (QED) is 0.637. The van der Waals surface area contributed by atoms with Crippen LogP contribution in [0.4, 0.5) is 8.78 Å². The number of hydrogen-bond acceptors (Lipinski definition) is 3. The van der Waals surface area contributed by atoms with Gasteiger partial charge in [-0.2, -0.15) is 0 Å². The average Bonchev–Trinajstić information content (AvgIpc) is 3.06. The Balaban J connectivity index is 1.92. The Morgan fingerprint density at radius 3 is 2.68 bits per heavy atom. The van der Waals surface area contributed by atoms with Crippen molar-refractivity contribution in [3.8, 4) is 0 Å². The van der Waals surface area contributed by atoms with E-state index < -0.39 is 17.2 Å². The molecule has 2 aromatic carbocycles. The predicted octanol–water partition coefficient (Wildman–Crippen LogP) is 2.20. The number of benzene rings is 2. The average molecular weight is 408 g/mol. The standard InChI is InChI=1S/C18H17F2N3OSe/c1-13-4-2-3-5-17(13)25-10-18(24,9-23-12-21-11-22-23)15-7-6-14(19)8-16(15)20/h2-8,11-12,24H,9-10H2,1H3. The first kappa shape index (κ1) is 17.7. The number of nitrogens with zero attached hydrogens (tertiary/aromatic N) is 3. The van der Waals surface area contributed by atoms with E-state index in [1.807, 2.05) is 31.2 Å². The van der Waals surface area contributed by atoms with Crippen LogP contribution < -0.4 is 4.46 Å². The van der Waals surface area contributed by atoms with Crippen LogP contribution in [0.25, 0.3) is 0 Å². The monoisotopic (exact) mass is 409 g/mol. The molecule has 1 N–H and O–H groups in total. The second kappa shape index (κ2) is 7.43. The van der Waals surface area contributed by atoms with E-state index in [0.29, 0.717) is 5.32 Å². The van der Waals surface area contributed by atoms with Crippen molar-refractivity contribution in [2.24, 2.45) is 0 Å². The van der Waals surface area contributed by atoms with Crippen molar-refractivity contribution < 1.29 is 13.9 Å². The van der Waals surface area contributed by atoms with E-state index in [4.69, 9.17) is 0 Å². The zero-order valence-electron chi connectivity index (χ0n) is 13.6. The molecule has 1 atom stereocenters. The molecule has 4 nitrogen and oxygen atoms in total. The van der Waals surface area contributed by atoms with Gasteiger partial charge in [0, 0.05) is 0 Å². The maximum absolute atomic E-state index is 14.3. The third kappa shape index (κ3) is 4.12. The topological polar surface area (TPSA) is 50.9 Å². The summed E-state index contributed by atoms with van der Waals surface area (Å²) < 4.78 is 30.2. The summed E-state index contributed by atoms with van der Waals surface area (Å²) in [5.74, 6) is -1.43. The maximum atomic E-state index is 14.3. The van der Waals surface area contributed by atoms with Crippen molar-refractivity contribution in [3.63, 3.8) is 0 Å². The predicted molar refractivity (Wildman–Crippen MR) is 91.7 cm³/mol. The summed E-state index contributed by atoms with van der Waals surface area (Å²) in [5.41, 5.74) is -0.307. The summed E-state index contributed by atoms with van der Waals surface area (Å²) in [7, 11) is 0. The molecule has 0 amide bonds. The fraction of sp³-hybridized carbons (Fsp3) is 0.222. The van der Waals surface area contributed by atoms with Gasteiger partial charge in [0.15, 0.2) is 0 Å². The molecule has 0 saturated carbocycles. The van der Waals surface area contributed by atoms with Gasteiger partial charge < -0.3 is 0 Å². The van der Waals surface area contributed by atoms with Crippen LogP contribution >= 0.6 is 0 Å². The van der Waals surface area contributed by atoms with Crippen LogP contribution in [0, 0.1) is 18.6 Å². The van der Waals surface area contributed by atoms with E-state index >= 15 is 0 Å². The van der Waals surface area contributed by atoms with Crippen molar-refractivity contribution >= 4 is 19.4 Å². The molecule has 7 heteroatoms. The first-order valence-electron chi connectivity index (χ1n) is 7.67. The summed E-state index contributed by atoms with van der Waals surface area (Å²) in [6.45, 7) is 2.05. The number of aryl methyl sites for hydroxylation is 1. The molecular weight excluding hydrogens is 391 g/mol. The molecule has 0 aliphatic rings. The van der Waals surface area contributed by atoms with E-state index in [1.54, 1.807) is 0 Å². The summed E-state index contributed by atoms with van der Waals surface area (Å²) in [4.78, 5) is 3.86. The van der Waals surface area contributed by atoms with Gasteiger partial charge in [-0.15, -0.1) is 0 Å². The Morgan fingerprint density at radius 1 is 1.20 bits per heavy atom. The van der Waals surface area contributed by atoms with Crippen LogP contribution in [-0.4, -0.2) is 34.8 Å². The normalized spacial score (nSPS) is 13.6. The molecule has 3 rings (SSSR count). The van der Waals surface area contributed by atoms with E-state index in [1.165, 1.54) is 23.4 Å². The van der Waals surface area contributed by atoms with Gasteiger partial charge in [0.05, 0.1) is 0 Å². The van der Waals surface area contributed by atoms with Crippen LogP contribution in [0.5, 0.6) is 0 Å². The van der Waals surface area contributed by atoms with Crippen LogP contribution in [0.1, 0.15) is 11.1 Å². The number of aromatic nitrogens is 3. The molecule has 0 bridgehead atoms. The van der Waals surface area contributed by atoms with Crippen molar-refractivity contribution in [1.82, 2.24) is 14.8 Å². The number of rotatable bonds is 6. The summed E-state index contributed by atoms with van der Waals surface area (Å²) in [6, 6.07) is 11.2. The fourth-order valence-corrected chi connectivity index (χ4v) is 4.91. The zero-order valence-corrected chi connectivity index (χ0v) is 15.3. The van der Waals surface area contributed by atoms with Gasteiger partial charge in [0.2, 0.25) is 0 Å². The van der Waals surface area contributed by atoms with Crippen molar-refractivity contribution in [2.75, 3.05) is 0 Å². The van der Waals surface area contributed by atoms with E-state index in [-0.39, 0.29) is 27.1 Å². The van der Waals surface area contributed by atoms with Gasteiger partial charge >= 0.3 is 150 Å². The molecule has 1 heterocycles. The van der Waals surface area contributed by atoms with Gasteiger partial charge in [0.25, 0.3) is 0 Å². The Morgan fingerprint density at radius 2 is 2.00 bits per heavy atom. The third-order valence-electron chi connectivity index (χ3n) is 3.88. The van der Waals surface area contributed by atoms with Gasteiger partial charge in [-0.25, -0.2) is 0 Å². The molecule has 130 valence electrons. The Labute approximate surface area is 150 Å². The number of aliphatic hydroxyl groups is 1. The minimum atomic E-state index is -1.51. The molecule has 1 unspecified atom stereocenters. The summed E-state index contributed by atoms with van der Waals surface area (Å²) in [5, 5.41) is 15.6. The molecule has 0 radical (unpaired) electrons. The first-order valence-corrected chi connectivity index (χ1v) is 9.73. The summed E-state index contributed by atoms with van der Waals surface area (Å²) >= 11 is -0.0957. The van der Waals surface area contributed by atoms with E-state index in [2.05, 4.69) is 10.1 Å². The molecule has 0 spiro atoms. The van der Waals surface area contributed by atoms with Crippen LogP contribution in [0.15, 0.2) is 55.1 Å².